The van der Waals surface area contributed by atoms with E-state index in [0.29, 0.717) is 23.3 Å². The van der Waals surface area contributed by atoms with Crippen molar-refractivity contribution in [2.45, 2.75) is 6.42 Å². The lowest BCUT2D eigenvalue weighted by atomic mass is 10.2. The van der Waals surface area contributed by atoms with Crippen LogP contribution in [0.15, 0.2) is 18.2 Å². The van der Waals surface area contributed by atoms with E-state index in [1.807, 2.05) is 0 Å². The molecule has 0 unspecified atom stereocenters. The van der Waals surface area contributed by atoms with E-state index in [-0.39, 0.29) is 13.0 Å². The summed E-state index contributed by atoms with van der Waals surface area (Å²) in [6.07, 6.45) is 0.613. The van der Waals surface area contributed by atoms with Crippen LogP contribution in [0.4, 0.5) is 0 Å². The molecule has 5 heteroatoms. The van der Waals surface area contributed by atoms with Gasteiger partial charge in [-0.3, -0.25) is 9.59 Å². The number of rotatable bonds is 6. The van der Waals surface area contributed by atoms with Crippen LogP contribution in [0.2, 0.25) is 0 Å². The van der Waals surface area contributed by atoms with Gasteiger partial charge in [0.25, 0.3) is 0 Å². The number of aldehydes is 1. The zero-order valence-corrected chi connectivity index (χ0v) is 8.80. The van der Waals surface area contributed by atoms with Crippen LogP contribution < -0.4 is 9.47 Å². The van der Waals surface area contributed by atoms with Crippen molar-refractivity contribution >= 4 is 12.3 Å². The Morgan fingerprint density at radius 1 is 1.44 bits per heavy atom. The van der Waals surface area contributed by atoms with Crippen molar-refractivity contribution in [3.05, 3.63) is 23.8 Å². The number of carboxylic acid groups (broad SMARTS) is 1. The van der Waals surface area contributed by atoms with Gasteiger partial charge in [-0.1, -0.05) is 0 Å². The lowest BCUT2D eigenvalue weighted by molar-refractivity contribution is -0.137. The Balaban J connectivity index is 2.71. The molecule has 0 aromatic heterocycles. The molecule has 5 nitrogen and oxygen atoms in total. The molecule has 1 aromatic rings. The summed E-state index contributed by atoms with van der Waals surface area (Å²) in [6.45, 7) is 0.0616. The smallest absolute Gasteiger partial charge is 0.306 e. The van der Waals surface area contributed by atoms with Crippen molar-refractivity contribution in [2.75, 3.05) is 13.7 Å². The van der Waals surface area contributed by atoms with E-state index in [4.69, 9.17) is 14.6 Å². The number of carboxylic acids is 1. The van der Waals surface area contributed by atoms with Crippen molar-refractivity contribution in [2.24, 2.45) is 0 Å². The Morgan fingerprint density at radius 2 is 2.19 bits per heavy atom. The molecule has 0 saturated carbocycles. The number of carbonyl (C=O) groups is 2. The summed E-state index contributed by atoms with van der Waals surface area (Å²) in [6, 6.07) is 4.68. The Hall–Kier alpha value is -2.04. The Kier molecular flexibility index (Phi) is 4.32. The predicted molar refractivity (Wildman–Crippen MR) is 56.1 cm³/mol. The first-order chi connectivity index (χ1) is 7.67. The van der Waals surface area contributed by atoms with Gasteiger partial charge >= 0.3 is 5.97 Å². The lowest BCUT2D eigenvalue weighted by Gasteiger charge is -2.09. The molecule has 0 saturated heterocycles. The molecule has 0 atom stereocenters. The van der Waals surface area contributed by atoms with Crippen molar-refractivity contribution in [3.8, 4) is 11.5 Å². The molecule has 0 spiro atoms. The molecule has 1 aromatic carbocycles. The molecule has 0 heterocycles. The largest absolute Gasteiger partial charge is 0.493 e. The van der Waals surface area contributed by atoms with Gasteiger partial charge in [-0.15, -0.1) is 0 Å². The zero-order chi connectivity index (χ0) is 12.0. The van der Waals surface area contributed by atoms with Crippen molar-refractivity contribution < 1.29 is 24.2 Å². The molecule has 0 radical (unpaired) electrons. The van der Waals surface area contributed by atoms with Crippen LogP contribution in [0.5, 0.6) is 11.5 Å². The zero-order valence-electron chi connectivity index (χ0n) is 8.80. The van der Waals surface area contributed by atoms with Gasteiger partial charge in [0.05, 0.1) is 20.1 Å². The molecule has 0 aliphatic rings. The second-order valence-electron chi connectivity index (χ2n) is 3.02. The van der Waals surface area contributed by atoms with Crippen molar-refractivity contribution in [1.82, 2.24) is 0 Å². The van der Waals surface area contributed by atoms with Crippen LogP contribution in [0.1, 0.15) is 16.8 Å². The van der Waals surface area contributed by atoms with E-state index in [1.54, 1.807) is 12.1 Å². The Bertz CT molecular complexity index is 386. The summed E-state index contributed by atoms with van der Waals surface area (Å²) in [5.74, 6) is -0.0900. The van der Waals surface area contributed by atoms with Gasteiger partial charge in [0, 0.05) is 5.56 Å². The highest BCUT2D eigenvalue weighted by Crippen LogP contribution is 2.27. The monoisotopic (exact) mass is 224 g/mol. The van der Waals surface area contributed by atoms with Crippen LogP contribution in [0, 0.1) is 0 Å². The highest BCUT2D eigenvalue weighted by atomic mass is 16.5. The second kappa shape index (κ2) is 5.75. The molecule has 0 bridgehead atoms. The van der Waals surface area contributed by atoms with Crippen LogP contribution in [-0.4, -0.2) is 31.1 Å². The van der Waals surface area contributed by atoms with E-state index in [0.717, 1.165) is 0 Å². The molecule has 0 aliphatic carbocycles. The van der Waals surface area contributed by atoms with Gasteiger partial charge in [-0.25, -0.2) is 0 Å². The third-order valence-electron chi connectivity index (χ3n) is 1.90. The first-order valence-corrected chi connectivity index (χ1v) is 4.65. The SMILES string of the molecule is COc1cc(C=O)ccc1OCCC(=O)O. The molecule has 0 fully saturated rings. The third kappa shape index (κ3) is 3.27. The minimum Gasteiger partial charge on any atom is -0.493 e. The standard InChI is InChI=1S/C11H12O5/c1-15-10-6-8(7-12)2-3-9(10)16-5-4-11(13)14/h2-3,6-7H,4-5H2,1H3,(H,13,14). The number of methoxy groups -OCH3 is 1. The van der Waals surface area contributed by atoms with Crippen LogP contribution in [0.25, 0.3) is 0 Å². The average molecular weight is 224 g/mol. The van der Waals surface area contributed by atoms with Crippen molar-refractivity contribution in [1.29, 1.82) is 0 Å². The minimum atomic E-state index is -0.927. The van der Waals surface area contributed by atoms with Crippen LogP contribution in [-0.2, 0) is 4.79 Å². The first kappa shape index (κ1) is 12.0. The maximum atomic E-state index is 10.5. The molecule has 0 aliphatic heterocycles. The number of benzene rings is 1. The van der Waals surface area contributed by atoms with Gasteiger partial charge in [0.1, 0.15) is 6.29 Å². The van der Waals surface area contributed by atoms with E-state index >= 15 is 0 Å². The second-order valence-corrected chi connectivity index (χ2v) is 3.02. The Labute approximate surface area is 92.6 Å². The quantitative estimate of drug-likeness (QED) is 0.738. The third-order valence-corrected chi connectivity index (χ3v) is 1.90. The first-order valence-electron chi connectivity index (χ1n) is 4.65. The summed E-state index contributed by atoms with van der Waals surface area (Å²) in [5, 5.41) is 8.44. The lowest BCUT2D eigenvalue weighted by Crippen LogP contribution is -2.05. The van der Waals surface area contributed by atoms with Crippen molar-refractivity contribution in [3.63, 3.8) is 0 Å². The van der Waals surface area contributed by atoms with Crippen LogP contribution in [0.3, 0.4) is 0 Å². The fraction of sp³-hybridized carbons (Fsp3) is 0.273. The summed E-state index contributed by atoms with van der Waals surface area (Å²) >= 11 is 0. The Morgan fingerprint density at radius 3 is 2.75 bits per heavy atom. The number of ether oxygens (including phenoxy) is 2. The predicted octanol–water partition coefficient (Wildman–Crippen LogP) is 1.36. The summed E-state index contributed by atoms with van der Waals surface area (Å²) < 4.78 is 10.2. The van der Waals surface area contributed by atoms with E-state index in [1.165, 1.54) is 13.2 Å². The van der Waals surface area contributed by atoms with Gasteiger partial charge in [0.15, 0.2) is 11.5 Å². The number of hydrogen-bond acceptors (Lipinski definition) is 4. The average Bonchev–Trinajstić information content (AvgIpc) is 2.29. The normalized spacial score (nSPS) is 9.56. The summed E-state index contributed by atoms with van der Waals surface area (Å²) in [7, 11) is 1.45. The molecule has 1 rings (SSSR count). The van der Waals surface area contributed by atoms with Gasteiger partial charge in [-0.2, -0.15) is 0 Å². The maximum Gasteiger partial charge on any atom is 0.306 e. The molecule has 1 N–H and O–H groups in total. The molecule has 0 amide bonds. The van der Waals surface area contributed by atoms with Gasteiger partial charge < -0.3 is 14.6 Å². The van der Waals surface area contributed by atoms with Gasteiger partial charge in [-0.05, 0) is 18.2 Å². The number of carbonyl (C=O) groups excluding carboxylic acids is 1. The van der Waals surface area contributed by atoms with Gasteiger partial charge in [0.2, 0.25) is 0 Å². The highest BCUT2D eigenvalue weighted by Gasteiger charge is 2.06. The highest BCUT2D eigenvalue weighted by molar-refractivity contribution is 5.76. The molecule has 86 valence electrons. The number of hydrogen-bond donors (Lipinski definition) is 1. The molecule has 16 heavy (non-hydrogen) atoms. The fourth-order valence-corrected chi connectivity index (χ4v) is 1.13. The van der Waals surface area contributed by atoms with E-state index < -0.39 is 5.97 Å². The maximum absolute atomic E-state index is 10.5. The minimum absolute atomic E-state index is 0.0616. The summed E-state index contributed by atoms with van der Waals surface area (Å²) in [4.78, 5) is 20.8. The van der Waals surface area contributed by atoms with Crippen LogP contribution >= 0.6 is 0 Å². The molecular formula is C11H12O5. The summed E-state index contributed by atoms with van der Waals surface area (Å²) in [5.41, 5.74) is 0.474. The van der Waals surface area contributed by atoms with E-state index in [2.05, 4.69) is 0 Å². The topological polar surface area (TPSA) is 72.8 Å². The fourth-order valence-electron chi connectivity index (χ4n) is 1.13. The number of aliphatic carboxylic acids is 1. The molecular weight excluding hydrogens is 212 g/mol. The van der Waals surface area contributed by atoms with E-state index in [9.17, 15) is 9.59 Å².